The number of likely N-dealkylation sites (N-methyl/N-ethyl adjacent to an activating group) is 1. The molecule has 0 heterocycles. The van der Waals surface area contributed by atoms with E-state index in [1.54, 1.807) is 7.05 Å². The van der Waals surface area contributed by atoms with Crippen LogP contribution in [-0.2, 0) is 9.59 Å². The quantitative estimate of drug-likeness (QED) is 0.518. The van der Waals surface area contributed by atoms with E-state index in [4.69, 9.17) is 0 Å². The molecule has 0 fully saturated rings. The molecule has 0 aliphatic heterocycles. The molecule has 0 aromatic heterocycles. The summed E-state index contributed by atoms with van der Waals surface area (Å²) in [6.45, 7) is 4.23. The maximum Gasteiger partial charge on any atom is 0.326 e. The van der Waals surface area contributed by atoms with E-state index in [0.29, 0.717) is 12.8 Å². The van der Waals surface area contributed by atoms with Crippen LogP contribution in [-0.4, -0.2) is 35.0 Å². The van der Waals surface area contributed by atoms with Crippen LogP contribution in [0.15, 0.2) is 0 Å². The van der Waals surface area contributed by atoms with Gasteiger partial charge in [0.15, 0.2) is 0 Å². The number of rotatable bonds is 13. The summed E-state index contributed by atoms with van der Waals surface area (Å²) >= 11 is 0. The van der Waals surface area contributed by atoms with Gasteiger partial charge in [0.1, 0.15) is 6.04 Å². The summed E-state index contributed by atoms with van der Waals surface area (Å²) in [6, 6.07) is -0.665. The molecule has 1 atom stereocenters. The van der Waals surface area contributed by atoms with Crippen molar-refractivity contribution in [3.05, 3.63) is 0 Å². The van der Waals surface area contributed by atoms with Crippen molar-refractivity contribution in [1.29, 1.82) is 0 Å². The summed E-state index contributed by atoms with van der Waals surface area (Å²) in [6.07, 6.45) is 11.0. The Morgan fingerprint density at radius 1 is 0.905 bits per heavy atom. The second-order valence-electron chi connectivity index (χ2n) is 5.87. The van der Waals surface area contributed by atoms with Crippen molar-refractivity contribution < 1.29 is 14.7 Å². The van der Waals surface area contributed by atoms with Crippen LogP contribution >= 0.6 is 0 Å². The van der Waals surface area contributed by atoms with Gasteiger partial charge in [0.2, 0.25) is 5.91 Å². The first-order valence-corrected chi connectivity index (χ1v) is 8.53. The summed E-state index contributed by atoms with van der Waals surface area (Å²) < 4.78 is 0. The van der Waals surface area contributed by atoms with Gasteiger partial charge in [-0.2, -0.15) is 0 Å². The van der Waals surface area contributed by atoms with Gasteiger partial charge in [-0.15, -0.1) is 0 Å². The number of carbonyl (C=O) groups is 2. The first-order chi connectivity index (χ1) is 10.0. The van der Waals surface area contributed by atoms with E-state index in [1.807, 2.05) is 6.92 Å². The third-order valence-corrected chi connectivity index (χ3v) is 3.97. The predicted octanol–water partition coefficient (Wildman–Crippen LogP) is 4.23. The minimum Gasteiger partial charge on any atom is -0.480 e. The Morgan fingerprint density at radius 3 is 1.95 bits per heavy atom. The molecule has 0 spiro atoms. The fraction of sp³-hybridized carbons (Fsp3) is 0.882. The maximum atomic E-state index is 12.0. The molecule has 4 nitrogen and oxygen atoms in total. The zero-order chi connectivity index (χ0) is 16.1. The first kappa shape index (κ1) is 19.9. The van der Waals surface area contributed by atoms with E-state index in [9.17, 15) is 14.7 Å². The summed E-state index contributed by atoms with van der Waals surface area (Å²) in [5.74, 6) is -0.925. The highest BCUT2D eigenvalue weighted by Crippen LogP contribution is 2.12. The van der Waals surface area contributed by atoms with Gasteiger partial charge in [-0.25, -0.2) is 4.79 Å². The average Bonchev–Trinajstić information content (AvgIpc) is 2.45. The Morgan fingerprint density at radius 2 is 1.43 bits per heavy atom. The molecule has 0 aliphatic carbocycles. The second-order valence-corrected chi connectivity index (χ2v) is 5.87. The smallest absolute Gasteiger partial charge is 0.326 e. The molecule has 0 rings (SSSR count). The minimum absolute atomic E-state index is 0.0351. The molecule has 0 radical (unpaired) electrons. The molecule has 0 aliphatic rings. The molecule has 1 N–H and O–H groups in total. The van der Waals surface area contributed by atoms with Gasteiger partial charge in [0, 0.05) is 13.5 Å². The molecule has 1 unspecified atom stereocenters. The van der Waals surface area contributed by atoms with E-state index in [2.05, 4.69) is 6.92 Å². The van der Waals surface area contributed by atoms with Gasteiger partial charge >= 0.3 is 5.97 Å². The normalized spacial score (nSPS) is 12.1. The fourth-order valence-corrected chi connectivity index (χ4v) is 2.46. The van der Waals surface area contributed by atoms with Crippen molar-refractivity contribution in [3.63, 3.8) is 0 Å². The van der Waals surface area contributed by atoms with E-state index < -0.39 is 12.0 Å². The number of hydrogen-bond acceptors (Lipinski definition) is 2. The molecular formula is C17H33NO3. The summed E-state index contributed by atoms with van der Waals surface area (Å²) in [7, 11) is 1.62. The van der Waals surface area contributed by atoms with Crippen molar-refractivity contribution in [2.45, 2.75) is 90.5 Å². The van der Waals surface area contributed by atoms with Crippen LogP contribution in [0.1, 0.15) is 84.5 Å². The largest absolute Gasteiger partial charge is 0.480 e. The van der Waals surface area contributed by atoms with E-state index in [0.717, 1.165) is 25.7 Å². The summed E-state index contributed by atoms with van der Waals surface area (Å²) in [5.41, 5.74) is 0. The Kier molecular flexibility index (Phi) is 12.0. The fourth-order valence-electron chi connectivity index (χ4n) is 2.46. The molecule has 0 aromatic rings. The monoisotopic (exact) mass is 299 g/mol. The van der Waals surface area contributed by atoms with E-state index in [-0.39, 0.29) is 5.91 Å². The van der Waals surface area contributed by atoms with Crippen molar-refractivity contribution in [1.82, 2.24) is 4.90 Å². The Labute approximate surface area is 129 Å². The van der Waals surface area contributed by atoms with Crippen LogP contribution in [0.3, 0.4) is 0 Å². The number of nitrogens with zero attached hydrogens (tertiary/aromatic N) is 1. The van der Waals surface area contributed by atoms with E-state index >= 15 is 0 Å². The number of carboxylic acids is 1. The molecule has 124 valence electrons. The Balaban J connectivity index is 3.93. The lowest BCUT2D eigenvalue weighted by Crippen LogP contribution is -2.42. The van der Waals surface area contributed by atoms with Crippen LogP contribution < -0.4 is 0 Å². The summed E-state index contributed by atoms with van der Waals surface area (Å²) in [5, 5.41) is 9.22. The summed E-state index contributed by atoms with van der Waals surface area (Å²) in [4.78, 5) is 24.7. The van der Waals surface area contributed by atoms with Crippen molar-refractivity contribution in [2.75, 3.05) is 7.05 Å². The van der Waals surface area contributed by atoms with Gasteiger partial charge < -0.3 is 10.0 Å². The van der Waals surface area contributed by atoms with Gasteiger partial charge in [-0.05, 0) is 12.8 Å². The molecule has 1 amide bonds. The molecule has 0 saturated heterocycles. The molecule has 0 saturated carbocycles. The zero-order valence-corrected chi connectivity index (χ0v) is 14.1. The third kappa shape index (κ3) is 9.48. The van der Waals surface area contributed by atoms with Gasteiger partial charge in [-0.1, -0.05) is 65.2 Å². The third-order valence-electron chi connectivity index (χ3n) is 3.97. The van der Waals surface area contributed by atoms with Gasteiger partial charge in [0.25, 0.3) is 0 Å². The maximum absolute atomic E-state index is 12.0. The number of unbranched alkanes of at least 4 members (excludes halogenated alkanes) is 7. The molecular weight excluding hydrogens is 266 g/mol. The molecule has 4 heteroatoms. The number of carbonyl (C=O) groups excluding carboxylic acids is 1. The average molecular weight is 299 g/mol. The molecule has 0 aromatic carbocycles. The van der Waals surface area contributed by atoms with Crippen LogP contribution in [0, 0.1) is 0 Å². The first-order valence-electron chi connectivity index (χ1n) is 8.53. The lowest BCUT2D eigenvalue weighted by molar-refractivity contribution is -0.149. The van der Waals surface area contributed by atoms with Crippen molar-refractivity contribution in [3.8, 4) is 0 Å². The number of aliphatic carboxylic acids is 1. The van der Waals surface area contributed by atoms with Crippen molar-refractivity contribution in [2.24, 2.45) is 0 Å². The highest BCUT2D eigenvalue weighted by atomic mass is 16.4. The van der Waals surface area contributed by atoms with E-state index in [1.165, 1.54) is 37.0 Å². The molecule has 21 heavy (non-hydrogen) atoms. The predicted molar refractivity (Wildman–Crippen MR) is 86.3 cm³/mol. The second kappa shape index (κ2) is 12.7. The van der Waals surface area contributed by atoms with Crippen molar-refractivity contribution >= 4 is 11.9 Å². The highest BCUT2D eigenvalue weighted by Gasteiger charge is 2.25. The zero-order valence-electron chi connectivity index (χ0n) is 14.1. The number of hydrogen-bond donors (Lipinski definition) is 1. The van der Waals surface area contributed by atoms with Gasteiger partial charge in [-0.3, -0.25) is 4.79 Å². The lowest BCUT2D eigenvalue weighted by Gasteiger charge is -2.24. The topological polar surface area (TPSA) is 57.6 Å². The lowest BCUT2D eigenvalue weighted by atomic mass is 10.1. The minimum atomic E-state index is -0.890. The standard InChI is InChI=1S/C17H33NO3/c1-4-6-8-9-10-11-12-14-16(19)18(3)15(17(20)21)13-7-5-2/h15H,4-14H2,1-3H3,(H,20,21). The number of amides is 1. The Bertz CT molecular complexity index is 292. The van der Waals surface area contributed by atoms with Crippen LogP contribution in [0.5, 0.6) is 0 Å². The highest BCUT2D eigenvalue weighted by molar-refractivity contribution is 5.83. The van der Waals surface area contributed by atoms with Crippen LogP contribution in [0.4, 0.5) is 0 Å². The SMILES string of the molecule is CCCCCCCCCC(=O)N(C)C(CCCC)C(=O)O. The van der Waals surface area contributed by atoms with Crippen LogP contribution in [0.2, 0.25) is 0 Å². The molecule has 0 bridgehead atoms. The Hall–Kier alpha value is -1.06. The van der Waals surface area contributed by atoms with Gasteiger partial charge in [0.05, 0.1) is 0 Å². The van der Waals surface area contributed by atoms with Crippen LogP contribution in [0.25, 0.3) is 0 Å². The number of carboxylic acid groups (broad SMARTS) is 1.